The number of nitrogens with zero attached hydrogens (tertiary/aromatic N) is 1. The van der Waals surface area contributed by atoms with Crippen LogP contribution in [0.25, 0.3) is 0 Å². The number of amides is 1. The van der Waals surface area contributed by atoms with Crippen molar-refractivity contribution in [1.82, 2.24) is 5.32 Å². The minimum atomic E-state index is -1.17. The van der Waals surface area contributed by atoms with E-state index in [0.717, 1.165) is 0 Å². The Bertz CT molecular complexity index is 867. The molecule has 0 aromatic heterocycles. The van der Waals surface area contributed by atoms with Gasteiger partial charge in [-0.2, -0.15) is 0 Å². The minimum absolute atomic E-state index is 0.110. The zero-order valence-corrected chi connectivity index (χ0v) is 15.0. The third kappa shape index (κ3) is 5.27. The molecule has 1 amide bonds. The van der Waals surface area contributed by atoms with Crippen LogP contribution in [0, 0.1) is 10.1 Å². The van der Waals surface area contributed by atoms with E-state index in [-0.39, 0.29) is 18.5 Å². The SMILES string of the molecule is COc1cccc(C(C)(CC(=O)O)NC(=O)Cc2cccc([N+](=O)[O-])c2)c1. The van der Waals surface area contributed by atoms with Crippen LogP contribution in [0.5, 0.6) is 5.75 Å². The van der Waals surface area contributed by atoms with Crippen LogP contribution in [0.15, 0.2) is 48.5 Å². The Kier molecular flexibility index (Phi) is 6.12. The van der Waals surface area contributed by atoms with Crippen molar-refractivity contribution in [3.05, 3.63) is 69.8 Å². The number of hydrogen-bond acceptors (Lipinski definition) is 5. The van der Waals surface area contributed by atoms with Crippen molar-refractivity contribution in [3.63, 3.8) is 0 Å². The number of aliphatic carboxylic acids is 1. The molecule has 0 heterocycles. The number of carbonyl (C=O) groups is 2. The molecule has 0 radical (unpaired) electrons. The fraction of sp³-hybridized carbons (Fsp3) is 0.263. The molecule has 2 N–H and O–H groups in total. The highest BCUT2D eigenvalue weighted by atomic mass is 16.6. The third-order valence-electron chi connectivity index (χ3n) is 4.11. The van der Waals surface area contributed by atoms with Gasteiger partial charge in [0, 0.05) is 12.1 Å². The summed E-state index contributed by atoms with van der Waals surface area (Å²) in [6.07, 6.45) is -0.443. The van der Waals surface area contributed by atoms with E-state index in [0.29, 0.717) is 16.9 Å². The van der Waals surface area contributed by atoms with E-state index < -0.39 is 22.3 Å². The van der Waals surface area contributed by atoms with Gasteiger partial charge in [-0.25, -0.2) is 0 Å². The molecule has 142 valence electrons. The van der Waals surface area contributed by atoms with Crippen molar-refractivity contribution in [2.24, 2.45) is 0 Å². The molecule has 0 aliphatic rings. The normalized spacial score (nSPS) is 12.7. The molecule has 8 nitrogen and oxygen atoms in total. The Morgan fingerprint density at radius 3 is 2.56 bits per heavy atom. The van der Waals surface area contributed by atoms with E-state index in [9.17, 15) is 24.8 Å². The second-order valence-electron chi connectivity index (χ2n) is 6.29. The van der Waals surface area contributed by atoms with Crippen LogP contribution in [0.3, 0.4) is 0 Å². The summed E-state index contributed by atoms with van der Waals surface area (Å²) in [5.41, 5.74) is -0.235. The summed E-state index contributed by atoms with van der Waals surface area (Å²) < 4.78 is 5.17. The summed E-state index contributed by atoms with van der Waals surface area (Å²) in [5.74, 6) is -0.977. The van der Waals surface area contributed by atoms with E-state index in [1.54, 1.807) is 37.3 Å². The van der Waals surface area contributed by atoms with E-state index in [2.05, 4.69) is 5.32 Å². The first-order valence-corrected chi connectivity index (χ1v) is 8.14. The second-order valence-corrected chi connectivity index (χ2v) is 6.29. The Morgan fingerprint density at radius 1 is 1.22 bits per heavy atom. The molecule has 0 bridgehead atoms. The first-order chi connectivity index (χ1) is 12.7. The smallest absolute Gasteiger partial charge is 0.306 e. The lowest BCUT2D eigenvalue weighted by molar-refractivity contribution is -0.384. The molecule has 0 fully saturated rings. The predicted molar refractivity (Wildman–Crippen MR) is 97.5 cm³/mol. The summed E-state index contributed by atoms with van der Waals surface area (Å²) in [5, 5.41) is 22.9. The van der Waals surface area contributed by atoms with Gasteiger partial charge in [0.05, 0.1) is 30.4 Å². The molecule has 2 rings (SSSR count). The largest absolute Gasteiger partial charge is 0.497 e. The summed E-state index contributed by atoms with van der Waals surface area (Å²) in [6.45, 7) is 1.61. The Hall–Kier alpha value is -3.42. The van der Waals surface area contributed by atoms with Gasteiger partial charge < -0.3 is 15.2 Å². The molecule has 1 unspecified atom stereocenters. The zero-order valence-electron chi connectivity index (χ0n) is 15.0. The van der Waals surface area contributed by atoms with Gasteiger partial charge in [0.2, 0.25) is 5.91 Å². The maximum atomic E-state index is 12.5. The molecule has 1 atom stereocenters. The molecule has 8 heteroatoms. The maximum Gasteiger partial charge on any atom is 0.306 e. The number of carboxylic acid groups (broad SMARTS) is 1. The van der Waals surface area contributed by atoms with Gasteiger partial charge in [0.15, 0.2) is 0 Å². The average molecular weight is 372 g/mol. The van der Waals surface area contributed by atoms with Crippen LogP contribution >= 0.6 is 0 Å². The van der Waals surface area contributed by atoms with Crippen molar-refractivity contribution in [1.29, 1.82) is 0 Å². The first-order valence-electron chi connectivity index (χ1n) is 8.14. The number of carboxylic acids is 1. The number of methoxy groups -OCH3 is 1. The van der Waals surface area contributed by atoms with E-state index in [1.807, 2.05) is 0 Å². The van der Waals surface area contributed by atoms with Crippen LogP contribution in [-0.2, 0) is 21.5 Å². The standard InChI is InChI=1S/C19H20N2O6/c1-19(12-18(23)24,14-6-4-8-16(11-14)27-2)20-17(22)10-13-5-3-7-15(9-13)21(25)26/h3-9,11H,10,12H2,1-2H3,(H,20,22)(H,23,24). The molecule has 2 aromatic rings. The number of nitro benzene ring substituents is 1. The van der Waals surface area contributed by atoms with Crippen LogP contribution < -0.4 is 10.1 Å². The fourth-order valence-corrected chi connectivity index (χ4v) is 2.80. The number of carbonyl (C=O) groups excluding carboxylic acids is 1. The molecule has 0 spiro atoms. The summed E-state index contributed by atoms with van der Waals surface area (Å²) in [6, 6.07) is 12.6. The van der Waals surface area contributed by atoms with Gasteiger partial charge in [-0.1, -0.05) is 24.3 Å². The van der Waals surface area contributed by atoms with Crippen molar-refractivity contribution >= 4 is 17.6 Å². The summed E-state index contributed by atoms with van der Waals surface area (Å²) in [7, 11) is 1.49. The van der Waals surface area contributed by atoms with Crippen LogP contribution in [-0.4, -0.2) is 29.0 Å². The molecular formula is C19H20N2O6. The second kappa shape index (κ2) is 8.31. The lowest BCUT2D eigenvalue weighted by Gasteiger charge is -2.30. The summed E-state index contributed by atoms with van der Waals surface area (Å²) >= 11 is 0. The number of nitrogens with one attached hydrogen (secondary N) is 1. The van der Waals surface area contributed by atoms with Gasteiger partial charge >= 0.3 is 5.97 Å². The molecule has 0 saturated carbocycles. The van der Waals surface area contributed by atoms with Crippen LogP contribution in [0.1, 0.15) is 24.5 Å². The van der Waals surface area contributed by atoms with Gasteiger partial charge in [-0.3, -0.25) is 19.7 Å². The first kappa shape index (κ1) is 19.9. The van der Waals surface area contributed by atoms with E-state index >= 15 is 0 Å². The fourth-order valence-electron chi connectivity index (χ4n) is 2.80. The molecule has 0 aliphatic heterocycles. The topological polar surface area (TPSA) is 119 Å². The average Bonchev–Trinajstić information content (AvgIpc) is 2.61. The van der Waals surface area contributed by atoms with Crippen molar-refractivity contribution < 1.29 is 24.4 Å². The van der Waals surface area contributed by atoms with Gasteiger partial charge in [0.25, 0.3) is 5.69 Å². The zero-order chi connectivity index (χ0) is 20.0. The molecule has 2 aromatic carbocycles. The van der Waals surface area contributed by atoms with Crippen molar-refractivity contribution in [3.8, 4) is 5.75 Å². The summed E-state index contributed by atoms with van der Waals surface area (Å²) in [4.78, 5) is 34.2. The minimum Gasteiger partial charge on any atom is -0.497 e. The predicted octanol–water partition coefficient (Wildman–Crippen LogP) is 2.65. The number of non-ortho nitro benzene ring substituents is 1. The monoisotopic (exact) mass is 372 g/mol. The third-order valence-corrected chi connectivity index (χ3v) is 4.11. The molecule has 27 heavy (non-hydrogen) atoms. The Balaban J connectivity index is 2.24. The van der Waals surface area contributed by atoms with Gasteiger partial charge in [-0.15, -0.1) is 0 Å². The number of rotatable bonds is 8. The lowest BCUT2D eigenvalue weighted by Crippen LogP contribution is -2.45. The van der Waals surface area contributed by atoms with E-state index in [4.69, 9.17) is 4.74 Å². The molecule has 0 saturated heterocycles. The highest BCUT2D eigenvalue weighted by Crippen LogP contribution is 2.28. The van der Waals surface area contributed by atoms with Crippen LogP contribution in [0.4, 0.5) is 5.69 Å². The number of ether oxygens (including phenoxy) is 1. The Morgan fingerprint density at radius 2 is 1.93 bits per heavy atom. The quantitative estimate of drug-likeness (QED) is 0.543. The number of benzene rings is 2. The highest BCUT2D eigenvalue weighted by molar-refractivity contribution is 5.81. The molecule has 0 aliphatic carbocycles. The number of hydrogen-bond donors (Lipinski definition) is 2. The van der Waals surface area contributed by atoms with E-state index in [1.165, 1.54) is 25.3 Å². The maximum absolute atomic E-state index is 12.5. The highest BCUT2D eigenvalue weighted by Gasteiger charge is 2.32. The lowest BCUT2D eigenvalue weighted by atomic mass is 9.88. The van der Waals surface area contributed by atoms with Crippen LogP contribution in [0.2, 0.25) is 0 Å². The van der Waals surface area contributed by atoms with Crippen molar-refractivity contribution in [2.75, 3.05) is 7.11 Å². The van der Waals surface area contributed by atoms with Gasteiger partial charge in [0.1, 0.15) is 5.75 Å². The number of nitro groups is 1. The molecular weight excluding hydrogens is 352 g/mol. The van der Waals surface area contributed by atoms with Crippen molar-refractivity contribution in [2.45, 2.75) is 25.3 Å². The Labute approximate surface area is 155 Å². The van der Waals surface area contributed by atoms with Gasteiger partial charge in [-0.05, 0) is 30.2 Å².